The standard InChI is InChI=1S/C19H26N6O3S.HI/c1-20-19(22-9-10-23-29(27,28)16-5-4-8-21-15-16)25-13-11-24(12-14-25)17-6-2-3-7-18(17)26;/h2-8,15,23,26H,9-14H2,1H3,(H,20,22);1H. The predicted octanol–water partition coefficient (Wildman–Crippen LogP) is 1.08. The van der Waals surface area contributed by atoms with Gasteiger partial charge in [0.1, 0.15) is 10.6 Å². The highest BCUT2D eigenvalue weighted by Gasteiger charge is 2.21. The fourth-order valence-corrected chi connectivity index (χ4v) is 4.17. The van der Waals surface area contributed by atoms with E-state index < -0.39 is 10.0 Å². The molecule has 0 saturated carbocycles. The first-order valence-corrected chi connectivity index (χ1v) is 10.9. The summed E-state index contributed by atoms with van der Waals surface area (Å²) >= 11 is 0. The van der Waals surface area contributed by atoms with Crippen LogP contribution in [0.4, 0.5) is 5.69 Å². The number of aliphatic imine (C=N–C) groups is 1. The molecule has 2 aromatic rings. The Morgan fingerprint density at radius 2 is 1.87 bits per heavy atom. The number of nitrogens with zero attached hydrogens (tertiary/aromatic N) is 4. The van der Waals surface area contributed by atoms with Gasteiger partial charge in [0.15, 0.2) is 5.96 Å². The molecule has 1 aromatic carbocycles. The summed E-state index contributed by atoms with van der Waals surface area (Å²) in [6, 6.07) is 10.4. The summed E-state index contributed by atoms with van der Waals surface area (Å²) in [5.74, 6) is 1.01. The van der Waals surface area contributed by atoms with Crippen molar-refractivity contribution >= 4 is 45.6 Å². The highest BCUT2D eigenvalue weighted by molar-refractivity contribution is 14.0. The zero-order valence-electron chi connectivity index (χ0n) is 16.7. The van der Waals surface area contributed by atoms with Crippen LogP contribution in [-0.2, 0) is 10.0 Å². The molecule has 9 nitrogen and oxygen atoms in total. The molecule has 0 spiro atoms. The van der Waals surface area contributed by atoms with E-state index in [9.17, 15) is 13.5 Å². The number of anilines is 1. The van der Waals surface area contributed by atoms with Crippen molar-refractivity contribution in [3.63, 3.8) is 0 Å². The van der Waals surface area contributed by atoms with E-state index in [1.807, 2.05) is 18.2 Å². The third-order valence-corrected chi connectivity index (χ3v) is 6.10. The average molecular weight is 546 g/mol. The molecular weight excluding hydrogens is 519 g/mol. The van der Waals surface area contributed by atoms with Gasteiger partial charge in [-0.1, -0.05) is 12.1 Å². The molecule has 11 heteroatoms. The van der Waals surface area contributed by atoms with Gasteiger partial charge in [0, 0.05) is 58.7 Å². The fourth-order valence-electron chi connectivity index (χ4n) is 3.17. The maximum atomic E-state index is 12.2. The summed E-state index contributed by atoms with van der Waals surface area (Å²) < 4.78 is 27.0. The molecule has 1 fully saturated rings. The second-order valence-corrected chi connectivity index (χ2v) is 8.29. The lowest BCUT2D eigenvalue weighted by molar-refractivity contribution is 0.370. The number of hydrogen-bond donors (Lipinski definition) is 3. The molecule has 0 aliphatic carbocycles. The summed E-state index contributed by atoms with van der Waals surface area (Å²) in [6.45, 7) is 3.64. The van der Waals surface area contributed by atoms with Crippen LogP contribution in [-0.4, -0.2) is 75.7 Å². The number of nitrogens with one attached hydrogen (secondary N) is 2. The highest BCUT2D eigenvalue weighted by Crippen LogP contribution is 2.27. The van der Waals surface area contributed by atoms with Crippen LogP contribution in [0.15, 0.2) is 58.7 Å². The molecule has 30 heavy (non-hydrogen) atoms. The molecule has 0 bridgehead atoms. The van der Waals surface area contributed by atoms with Crippen LogP contribution < -0.4 is 14.9 Å². The van der Waals surface area contributed by atoms with Crippen molar-refractivity contribution in [1.29, 1.82) is 0 Å². The number of benzene rings is 1. The van der Waals surface area contributed by atoms with Crippen LogP contribution in [0.1, 0.15) is 0 Å². The zero-order valence-corrected chi connectivity index (χ0v) is 19.9. The van der Waals surface area contributed by atoms with Crippen LogP contribution in [0, 0.1) is 0 Å². The number of phenolic OH excluding ortho intramolecular Hbond substituents is 1. The van der Waals surface area contributed by atoms with Gasteiger partial charge in [-0.05, 0) is 24.3 Å². The Labute approximate surface area is 194 Å². The van der Waals surface area contributed by atoms with E-state index in [2.05, 4.69) is 29.8 Å². The zero-order chi connectivity index (χ0) is 20.7. The van der Waals surface area contributed by atoms with Crippen LogP contribution >= 0.6 is 24.0 Å². The molecule has 0 unspecified atom stereocenters. The Kier molecular flexibility index (Phi) is 9.11. The molecule has 2 heterocycles. The van der Waals surface area contributed by atoms with Crippen molar-refractivity contribution in [2.75, 3.05) is 51.2 Å². The van der Waals surface area contributed by atoms with Gasteiger partial charge >= 0.3 is 0 Å². The first kappa shape index (κ1) is 24.2. The van der Waals surface area contributed by atoms with E-state index in [-0.39, 0.29) is 41.2 Å². The first-order chi connectivity index (χ1) is 14.0. The molecule has 1 saturated heterocycles. The number of aromatic hydroxyl groups is 1. The van der Waals surface area contributed by atoms with Crippen molar-refractivity contribution in [2.24, 2.45) is 4.99 Å². The molecule has 0 atom stereocenters. The van der Waals surface area contributed by atoms with Crippen LogP contribution in [0.25, 0.3) is 0 Å². The Balaban J connectivity index is 0.00000320. The van der Waals surface area contributed by atoms with Gasteiger partial charge in [0.2, 0.25) is 10.0 Å². The minimum Gasteiger partial charge on any atom is -0.506 e. The Morgan fingerprint density at radius 3 is 2.50 bits per heavy atom. The third-order valence-electron chi connectivity index (χ3n) is 4.66. The molecular formula is C19H27IN6O3S. The second-order valence-electron chi connectivity index (χ2n) is 6.52. The number of halogens is 1. The van der Waals surface area contributed by atoms with Gasteiger partial charge in [-0.25, -0.2) is 13.1 Å². The van der Waals surface area contributed by atoms with Crippen LogP contribution in [0.2, 0.25) is 0 Å². The Morgan fingerprint density at radius 1 is 1.13 bits per heavy atom. The average Bonchev–Trinajstić information content (AvgIpc) is 2.75. The maximum absolute atomic E-state index is 12.2. The minimum absolute atomic E-state index is 0. The topological polar surface area (TPSA) is 110 Å². The summed E-state index contributed by atoms with van der Waals surface area (Å²) in [5.41, 5.74) is 0.833. The van der Waals surface area contributed by atoms with Crippen molar-refractivity contribution in [2.45, 2.75) is 4.90 Å². The minimum atomic E-state index is -3.57. The van der Waals surface area contributed by atoms with E-state index in [0.717, 1.165) is 37.8 Å². The molecule has 164 valence electrons. The van der Waals surface area contributed by atoms with Crippen LogP contribution in [0.3, 0.4) is 0 Å². The monoisotopic (exact) mass is 546 g/mol. The number of piperazine rings is 1. The Hall–Kier alpha value is -2.12. The van der Waals surface area contributed by atoms with Crippen molar-refractivity contribution < 1.29 is 13.5 Å². The quantitative estimate of drug-likeness (QED) is 0.215. The number of phenols is 1. The van der Waals surface area contributed by atoms with E-state index >= 15 is 0 Å². The third kappa shape index (κ3) is 6.19. The number of hydrogen-bond acceptors (Lipinski definition) is 6. The van der Waals surface area contributed by atoms with Gasteiger partial charge in [-0.15, -0.1) is 24.0 Å². The largest absolute Gasteiger partial charge is 0.506 e. The summed E-state index contributed by atoms with van der Waals surface area (Å²) in [5, 5.41) is 13.2. The van der Waals surface area contributed by atoms with E-state index in [1.165, 1.54) is 18.5 Å². The number of aromatic nitrogens is 1. The van der Waals surface area contributed by atoms with Gasteiger partial charge < -0.3 is 20.2 Å². The number of guanidine groups is 1. The number of pyridine rings is 1. The molecule has 3 N–H and O–H groups in total. The van der Waals surface area contributed by atoms with Gasteiger partial charge in [-0.3, -0.25) is 9.98 Å². The number of para-hydroxylation sites is 2. The number of rotatable bonds is 6. The van der Waals surface area contributed by atoms with E-state index in [0.29, 0.717) is 6.54 Å². The van der Waals surface area contributed by atoms with Gasteiger partial charge in [-0.2, -0.15) is 0 Å². The molecule has 0 radical (unpaired) electrons. The van der Waals surface area contributed by atoms with E-state index in [1.54, 1.807) is 19.2 Å². The normalized spacial score (nSPS) is 14.9. The lowest BCUT2D eigenvalue weighted by atomic mass is 10.2. The summed E-state index contributed by atoms with van der Waals surface area (Å²) in [7, 11) is -1.86. The lowest BCUT2D eigenvalue weighted by Gasteiger charge is -2.37. The van der Waals surface area contributed by atoms with Crippen molar-refractivity contribution in [3.05, 3.63) is 48.8 Å². The second kappa shape index (κ2) is 11.3. The maximum Gasteiger partial charge on any atom is 0.242 e. The Bertz CT molecular complexity index is 934. The molecule has 3 rings (SSSR count). The van der Waals surface area contributed by atoms with Gasteiger partial charge in [0.05, 0.1) is 5.69 Å². The van der Waals surface area contributed by atoms with E-state index in [4.69, 9.17) is 0 Å². The lowest BCUT2D eigenvalue weighted by Crippen LogP contribution is -2.53. The molecule has 1 aromatic heterocycles. The predicted molar refractivity (Wildman–Crippen MR) is 128 cm³/mol. The molecule has 0 amide bonds. The van der Waals surface area contributed by atoms with Crippen molar-refractivity contribution in [1.82, 2.24) is 19.9 Å². The first-order valence-electron chi connectivity index (χ1n) is 9.39. The molecule has 1 aliphatic rings. The summed E-state index contributed by atoms with van der Waals surface area (Å²) in [6.07, 6.45) is 2.85. The SMILES string of the molecule is CN=C(NCCNS(=O)(=O)c1cccnc1)N1CCN(c2ccccc2O)CC1.I. The smallest absolute Gasteiger partial charge is 0.242 e. The molecule has 1 aliphatic heterocycles. The number of sulfonamides is 1. The highest BCUT2D eigenvalue weighted by atomic mass is 127. The van der Waals surface area contributed by atoms with Gasteiger partial charge in [0.25, 0.3) is 0 Å². The summed E-state index contributed by atoms with van der Waals surface area (Å²) in [4.78, 5) is 12.5. The van der Waals surface area contributed by atoms with Crippen molar-refractivity contribution in [3.8, 4) is 5.75 Å². The van der Waals surface area contributed by atoms with Crippen LogP contribution in [0.5, 0.6) is 5.75 Å². The fraction of sp³-hybridized carbons (Fsp3) is 0.368.